The van der Waals surface area contributed by atoms with Crippen molar-refractivity contribution in [3.8, 4) is 11.1 Å². The molecule has 2 rings (SSSR count). The van der Waals surface area contributed by atoms with Crippen LogP contribution in [0.5, 0.6) is 0 Å². The van der Waals surface area contributed by atoms with E-state index in [-0.39, 0.29) is 6.04 Å². The molecule has 31 heavy (non-hydrogen) atoms. The fraction of sp³-hybridized carbons (Fsp3) is 0.357. The normalized spacial score (nSPS) is 11.6. The smallest absolute Gasteiger partial charge is 0.0548 e. The standard InChI is InChI=1S/C28H38N2S/c1-6-7-9-22(4)29-20-23(5)30-28(18-21(2)3)26-14-12-25(13-15-26)27-11-8-10-24(19-27)16-17-31/h8,10-15,19,28-31H,2,4-7,9,16-18,20H2,1,3H3. The van der Waals surface area contributed by atoms with Crippen molar-refractivity contribution < 1.29 is 0 Å². The minimum Gasteiger partial charge on any atom is -0.383 e. The van der Waals surface area contributed by atoms with Crippen LogP contribution in [-0.2, 0) is 6.42 Å². The lowest BCUT2D eigenvalue weighted by atomic mass is 9.96. The van der Waals surface area contributed by atoms with E-state index in [0.29, 0.717) is 6.54 Å². The molecule has 2 N–H and O–H groups in total. The molecule has 3 heteroatoms. The van der Waals surface area contributed by atoms with Crippen LogP contribution >= 0.6 is 12.6 Å². The van der Waals surface area contributed by atoms with Crippen LogP contribution in [0.2, 0.25) is 0 Å². The summed E-state index contributed by atoms with van der Waals surface area (Å²) in [4.78, 5) is 0. The molecule has 0 amide bonds. The van der Waals surface area contributed by atoms with Gasteiger partial charge in [-0.2, -0.15) is 12.6 Å². The van der Waals surface area contributed by atoms with Crippen molar-refractivity contribution in [1.82, 2.24) is 10.6 Å². The number of rotatable bonds is 14. The second kappa shape index (κ2) is 13.1. The Hall–Kier alpha value is -2.39. The summed E-state index contributed by atoms with van der Waals surface area (Å²) in [5.74, 6) is 0.862. The minimum absolute atomic E-state index is 0.153. The van der Waals surface area contributed by atoms with Crippen molar-refractivity contribution in [2.24, 2.45) is 0 Å². The van der Waals surface area contributed by atoms with Crippen LogP contribution < -0.4 is 10.6 Å². The number of thiol groups is 1. The molecule has 2 aromatic carbocycles. The van der Waals surface area contributed by atoms with Crippen LogP contribution in [0.1, 0.15) is 56.7 Å². The summed E-state index contributed by atoms with van der Waals surface area (Å²) < 4.78 is 0. The van der Waals surface area contributed by atoms with Crippen molar-refractivity contribution >= 4 is 12.6 Å². The van der Waals surface area contributed by atoms with E-state index in [1.807, 2.05) is 0 Å². The zero-order chi connectivity index (χ0) is 22.6. The van der Waals surface area contributed by atoms with Crippen LogP contribution in [0.3, 0.4) is 0 Å². The van der Waals surface area contributed by atoms with Crippen LogP contribution in [0.15, 0.2) is 85.2 Å². The molecule has 0 aromatic heterocycles. The molecule has 0 saturated heterocycles. The summed E-state index contributed by atoms with van der Waals surface area (Å²) in [6, 6.07) is 17.7. The number of allylic oxidation sites excluding steroid dienone is 1. The SMILES string of the molecule is C=C(C)CC(NC(=C)CNC(=C)CCCC)c1ccc(-c2cccc(CCS)c2)cc1. The maximum atomic E-state index is 4.35. The molecule has 0 radical (unpaired) electrons. The highest BCUT2D eigenvalue weighted by Crippen LogP contribution is 2.26. The fourth-order valence-corrected chi connectivity index (χ4v) is 3.81. The topological polar surface area (TPSA) is 24.1 Å². The van der Waals surface area contributed by atoms with E-state index >= 15 is 0 Å². The predicted molar refractivity (Wildman–Crippen MR) is 141 cm³/mol. The van der Waals surface area contributed by atoms with Gasteiger partial charge in [-0.25, -0.2) is 0 Å². The molecule has 1 unspecified atom stereocenters. The molecule has 2 aromatic rings. The summed E-state index contributed by atoms with van der Waals surface area (Å²) in [6.07, 6.45) is 5.20. The summed E-state index contributed by atoms with van der Waals surface area (Å²) in [6.45, 7) is 17.4. The predicted octanol–water partition coefficient (Wildman–Crippen LogP) is 7.23. The number of benzene rings is 2. The number of aryl methyl sites for hydroxylation is 1. The molecule has 0 bridgehead atoms. The Labute approximate surface area is 195 Å². The van der Waals surface area contributed by atoms with Crippen LogP contribution in [0.25, 0.3) is 11.1 Å². The lowest BCUT2D eigenvalue weighted by Gasteiger charge is -2.23. The van der Waals surface area contributed by atoms with Gasteiger partial charge in [-0.3, -0.25) is 0 Å². The maximum absolute atomic E-state index is 4.35. The molecule has 0 saturated carbocycles. The first-order chi connectivity index (χ1) is 14.9. The van der Waals surface area contributed by atoms with Crippen molar-refractivity contribution in [2.75, 3.05) is 12.3 Å². The van der Waals surface area contributed by atoms with Gasteiger partial charge in [-0.05, 0) is 60.6 Å². The summed E-state index contributed by atoms with van der Waals surface area (Å²) >= 11 is 4.35. The van der Waals surface area contributed by atoms with Gasteiger partial charge in [0.25, 0.3) is 0 Å². The third kappa shape index (κ3) is 8.70. The summed E-state index contributed by atoms with van der Waals surface area (Å²) in [5, 5.41) is 6.98. The maximum Gasteiger partial charge on any atom is 0.0548 e. The van der Waals surface area contributed by atoms with Gasteiger partial charge in [0.2, 0.25) is 0 Å². The van der Waals surface area contributed by atoms with E-state index in [9.17, 15) is 0 Å². The van der Waals surface area contributed by atoms with Gasteiger partial charge >= 0.3 is 0 Å². The van der Waals surface area contributed by atoms with E-state index in [1.165, 1.54) is 28.7 Å². The third-order valence-corrected chi connectivity index (χ3v) is 5.51. The van der Waals surface area contributed by atoms with Crippen molar-refractivity contribution in [3.05, 3.63) is 96.4 Å². The third-order valence-electron chi connectivity index (χ3n) is 5.29. The number of unbranched alkanes of at least 4 members (excludes halogenated alkanes) is 1. The number of hydrogen-bond donors (Lipinski definition) is 3. The molecule has 0 heterocycles. The number of hydrogen-bond acceptors (Lipinski definition) is 3. The first-order valence-corrected chi connectivity index (χ1v) is 11.9. The van der Waals surface area contributed by atoms with E-state index in [2.05, 4.69) is 105 Å². The average molecular weight is 435 g/mol. The first kappa shape index (κ1) is 24.9. The Morgan fingerprint density at radius 1 is 1.00 bits per heavy atom. The van der Waals surface area contributed by atoms with Gasteiger partial charge in [0.05, 0.1) is 12.6 Å². The largest absolute Gasteiger partial charge is 0.383 e. The van der Waals surface area contributed by atoms with Gasteiger partial charge in [0.1, 0.15) is 0 Å². The lowest BCUT2D eigenvalue weighted by Crippen LogP contribution is -2.27. The Morgan fingerprint density at radius 3 is 2.39 bits per heavy atom. The van der Waals surface area contributed by atoms with Crippen molar-refractivity contribution in [2.45, 2.75) is 52.0 Å². The van der Waals surface area contributed by atoms with Gasteiger partial charge in [-0.1, -0.05) is 80.6 Å². The summed E-state index contributed by atoms with van der Waals surface area (Å²) in [7, 11) is 0. The quantitative estimate of drug-likeness (QED) is 0.216. The second-order valence-electron chi connectivity index (χ2n) is 8.32. The minimum atomic E-state index is 0.153. The zero-order valence-corrected chi connectivity index (χ0v) is 20.1. The van der Waals surface area contributed by atoms with Gasteiger partial charge in [0, 0.05) is 11.4 Å². The van der Waals surface area contributed by atoms with E-state index in [0.717, 1.165) is 48.4 Å². The average Bonchev–Trinajstić information content (AvgIpc) is 2.76. The molecule has 2 nitrogen and oxygen atoms in total. The van der Waals surface area contributed by atoms with E-state index < -0.39 is 0 Å². The molecule has 0 fully saturated rings. The van der Waals surface area contributed by atoms with Crippen LogP contribution in [0, 0.1) is 0 Å². The molecule has 0 aliphatic heterocycles. The Kier molecular flexibility index (Phi) is 10.5. The fourth-order valence-electron chi connectivity index (χ4n) is 3.55. The van der Waals surface area contributed by atoms with E-state index in [1.54, 1.807) is 0 Å². The van der Waals surface area contributed by atoms with Crippen molar-refractivity contribution in [3.63, 3.8) is 0 Å². The highest BCUT2D eigenvalue weighted by Gasteiger charge is 2.13. The Bertz CT molecular complexity index is 867. The first-order valence-electron chi connectivity index (χ1n) is 11.2. The Morgan fingerprint density at radius 2 is 1.74 bits per heavy atom. The molecule has 0 aliphatic carbocycles. The Balaban J connectivity index is 2.06. The van der Waals surface area contributed by atoms with E-state index in [4.69, 9.17) is 0 Å². The van der Waals surface area contributed by atoms with Gasteiger partial charge in [0.15, 0.2) is 0 Å². The van der Waals surface area contributed by atoms with Crippen LogP contribution in [0.4, 0.5) is 0 Å². The molecule has 166 valence electrons. The van der Waals surface area contributed by atoms with Crippen molar-refractivity contribution in [1.29, 1.82) is 0 Å². The van der Waals surface area contributed by atoms with Gasteiger partial charge in [-0.15, -0.1) is 6.58 Å². The molecular formula is C28H38N2S. The van der Waals surface area contributed by atoms with Gasteiger partial charge < -0.3 is 10.6 Å². The monoisotopic (exact) mass is 434 g/mol. The molecule has 0 aliphatic rings. The lowest BCUT2D eigenvalue weighted by molar-refractivity contribution is 0.575. The zero-order valence-electron chi connectivity index (χ0n) is 19.2. The second-order valence-corrected chi connectivity index (χ2v) is 8.77. The highest BCUT2D eigenvalue weighted by molar-refractivity contribution is 7.80. The molecule has 1 atom stereocenters. The number of nitrogens with one attached hydrogen (secondary N) is 2. The molecular weight excluding hydrogens is 396 g/mol. The molecule has 0 spiro atoms. The highest BCUT2D eigenvalue weighted by atomic mass is 32.1. The summed E-state index contributed by atoms with van der Waals surface area (Å²) in [5.41, 5.74) is 8.22. The van der Waals surface area contributed by atoms with Crippen LogP contribution in [-0.4, -0.2) is 12.3 Å².